The molecule has 3 heteroatoms. The van der Waals surface area contributed by atoms with Gasteiger partial charge in [0, 0.05) is 19.1 Å². The highest BCUT2D eigenvalue weighted by Gasteiger charge is 2.29. The third kappa shape index (κ3) is 2.90. The summed E-state index contributed by atoms with van der Waals surface area (Å²) >= 11 is 0. The predicted octanol–water partition coefficient (Wildman–Crippen LogP) is 1.84. The Morgan fingerprint density at radius 3 is 2.38 bits per heavy atom. The molecule has 0 heterocycles. The van der Waals surface area contributed by atoms with Gasteiger partial charge in [-0.05, 0) is 39.5 Å². The minimum absolute atomic E-state index is 0.0874. The van der Waals surface area contributed by atoms with Crippen LogP contribution in [0, 0.1) is 5.92 Å². The van der Waals surface area contributed by atoms with Gasteiger partial charge in [-0.2, -0.15) is 0 Å². The number of nitrogens with one attached hydrogen (secondary N) is 1. The van der Waals surface area contributed by atoms with Crippen molar-refractivity contribution in [3.05, 3.63) is 0 Å². The van der Waals surface area contributed by atoms with E-state index in [0.717, 1.165) is 19.0 Å². The zero-order valence-corrected chi connectivity index (χ0v) is 8.84. The molecule has 0 radical (unpaired) electrons. The fourth-order valence-electron chi connectivity index (χ4n) is 1.51. The summed E-state index contributed by atoms with van der Waals surface area (Å²) in [7, 11) is 0. The van der Waals surface area contributed by atoms with E-state index >= 15 is 0 Å². The molecule has 0 aliphatic heterocycles. The van der Waals surface area contributed by atoms with Gasteiger partial charge in [-0.1, -0.05) is 0 Å². The monoisotopic (exact) mass is 184 g/mol. The van der Waals surface area contributed by atoms with E-state index < -0.39 is 0 Å². The minimum atomic E-state index is 0.0874. The van der Waals surface area contributed by atoms with E-state index in [0.29, 0.717) is 6.04 Å². The number of rotatable bonds is 4. The van der Waals surface area contributed by atoms with Crippen LogP contribution in [-0.4, -0.2) is 30.1 Å². The first-order valence-electron chi connectivity index (χ1n) is 5.24. The molecule has 1 N–H and O–H groups in total. The zero-order valence-electron chi connectivity index (χ0n) is 8.84. The van der Waals surface area contributed by atoms with Crippen LogP contribution in [0.3, 0.4) is 0 Å². The average Bonchev–Trinajstić information content (AvgIpc) is 2.88. The molecule has 0 saturated heterocycles. The van der Waals surface area contributed by atoms with Gasteiger partial charge in [-0.25, -0.2) is 4.79 Å². The lowest BCUT2D eigenvalue weighted by atomic mass is 10.2. The molecule has 0 aromatic rings. The summed E-state index contributed by atoms with van der Waals surface area (Å²) in [5.41, 5.74) is 0. The summed E-state index contributed by atoms with van der Waals surface area (Å²) in [6.07, 6.45) is 2.55. The molecule has 1 rings (SSSR count). The summed E-state index contributed by atoms with van der Waals surface area (Å²) in [5.74, 6) is 0.736. The normalized spacial score (nSPS) is 18.1. The zero-order chi connectivity index (χ0) is 9.84. The first kappa shape index (κ1) is 10.4. The average molecular weight is 184 g/mol. The third-order valence-corrected chi connectivity index (χ3v) is 2.73. The second kappa shape index (κ2) is 4.49. The van der Waals surface area contributed by atoms with E-state index in [4.69, 9.17) is 0 Å². The molecule has 3 nitrogen and oxygen atoms in total. The summed E-state index contributed by atoms with van der Waals surface area (Å²) < 4.78 is 0. The second-order valence-corrected chi connectivity index (χ2v) is 3.75. The second-order valence-electron chi connectivity index (χ2n) is 3.75. The van der Waals surface area contributed by atoms with Crippen molar-refractivity contribution < 1.29 is 4.79 Å². The standard InChI is InChI=1S/C10H20N2O/c1-4-12(5-2)10(13)11-8(3)9-6-7-9/h8-9H,4-7H2,1-3H3,(H,11,13). The van der Waals surface area contributed by atoms with Crippen LogP contribution in [0.1, 0.15) is 33.6 Å². The van der Waals surface area contributed by atoms with E-state index in [1.165, 1.54) is 12.8 Å². The molecule has 1 atom stereocenters. The van der Waals surface area contributed by atoms with Gasteiger partial charge >= 0.3 is 6.03 Å². The Kier molecular flexibility index (Phi) is 3.58. The molecule has 13 heavy (non-hydrogen) atoms. The summed E-state index contributed by atoms with van der Waals surface area (Å²) in [6, 6.07) is 0.442. The lowest BCUT2D eigenvalue weighted by Crippen LogP contribution is -2.44. The van der Waals surface area contributed by atoms with Gasteiger partial charge in [0.05, 0.1) is 0 Å². The van der Waals surface area contributed by atoms with Gasteiger partial charge in [0.25, 0.3) is 0 Å². The number of nitrogens with zero attached hydrogens (tertiary/aromatic N) is 1. The number of carbonyl (C=O) groups excluding carboxylic acids is 1. The molecule has 76 valence electrons. The molecule has 1 aliphatic carbocycles. The van der Waals surface area contributed by atoms with Gasteiger partial charge in [0.1, 0.15) is 0 Å². The quantitative estimate of drug-likeness (QED) is 0.710. The minimum Gasteiger partial charge on any atom is -0.335 e. The van der Waals surface area contributed by atoms with E-state index in [-0.39, 0.29) is 6.03 Å². The SMILES string of the molecule is CCN(CC)C(=O)NC(C)C1CC1. The number of amides is 2. The molecular weight excluding hydrogens is 164 g/mol. The van der Waals surface area contributed by atoms with Crippen LogP contribution in [0.2, 0.25) is 0 Å². The molecule has 1 saturated carbocycles. The smallest absolute Gasteiger partial charge is 0.317 e. The van der Waals surface area contributed by atoms with Gasteiger partial charge in [0.15, 0.2) is 0 Å². The maximum Gasteiger partial charge on any atom is 0.317 e. The molecular formula is C10H20N2O. The van der Waals surface area contributed by atoms with Crippen LogP contribution >= 0.6 is 0 Å². The van der Waals surface area contributed by atoms with Crippen molar-refractivity contribution in [3.8, 4) is 0 Å². The lowest BCUT2D eigenvalue weighted by Gasteiger charge is -2.22. The van der Waals surface area contributed by atoms with Crippen LogP contribution in [-0.2, 0) is 0 Å². The van der Waals surface area contributed by atoms with Crippen LogP contribution in [0.5, 0.6) is 0 Å². The van der Waals surface area contributed by atoms with Gasteiger partial charge < -0.3 is 10.2 Å². The van der Waals surface area contributed by atoms with Crippen LogP contribution in [0.15, 0.2) is 0 Å². The molecule has 0 aromatic heterocycles. The highest BCUT2D eigenvalue weighted by Crippen LogP contribution is 2.32. The van der Waals surface area contributed by atoms with Crippen molar-refractivity contribution in [1.29, 1.82) is 0 Å². The van der Waals surface area contributed by atoms with Crippen molar-refractivity contribution in [2.24, 2.45) is 5.92 Å². The summed E-state index contributed by atoms with van der Waals surface area (Å²) in [4.78, 5) is 13.4. The maximum atomic E-state index is 11.6. The Morgan fingerprint density at radius 2 is 2.00 bits per heavy atom. The molecule has 1 fully saturated rings. The van der Waals surface area contributed by atoms with Gasteiger partial charge in [0.2, 0.25) is 0 Å². The third-order valence-electron chi connectivity index (χ3n) is 2.73. The number of carbonyl (C=O) groups is 1. The van der Waals surface area contributed by atoms with Crippen molar-refractivity contribution in [2.75, 3.05) is 13.1 Å². The lowest BCUT2D eigenvalue weighted by molar-refractivity contribution is 0.198. The van der Waals surface area contributed by atoms with Crippen LogP contribution in [0.4, 0.5) is 4.79 Å². The Morgan fingerprint density at radius 1 is 1.46 bits per heavy atom. The van der Waals surface area contributed by atoms with E-state index in [2.05, 4.69) is 12.2 Å². The fraction of sp³-hybridized carbons (Fsp3) is 0.900. The maximum absolute atomic E-state index is 11.6. The largest absolute Gasteiger partial charge is 0.335 e. The van der Waals surface area contributed by atoms with Crippen molar-refractivity contribution in [3.63, 3.8) is 0 Å². The molecule has 1 unspecified atom stereocenters. The highest BCUT2D eigenvalue weighted by atomic mass is 16.2. The van der Waals surface area contributed by atoms with Crippen LogP contribution < -0.4 is 5.32 Å². The molecule has 2 amide bonds. The van der Waals surface area contributed by atoms with Crippen molar-refractivity contribution >= 4 is 6.03 Å². The van der Waals surface area contributed by atoms with Crippen molar-refractivity contribution in [1.82, 2.24) is 10.2 Å². The Hall–Kier alpha value is -0.730. The predicted molar refractivity (Wildman–Crippen MR) is 53.6 cm³/mol. The Balaban J connectivity index is 2.29. The summed E-state index contributed by atoms with van der Waals surface area (Å²) in [6.45, 7) is 7.69. The number of urea groups is 1. The van der Waals surface area contributed by atoms with Crippen LogP contribution in [0.25, 0.3) is 0 Å². The number of hydrogen-bond donors (Lipinski definition) is 1. The molecule has 0 aromatic carbocycles. The highest BCUT2D eigenvalue weighted by molar-refractivity contribution is 5.74. The Labute approximate surface area is 80.5 Å². The van der Waals surface area contributed by atoms with E-state index in [9.17, 15) is 4.79 Å². The first-order valence-corrected chi connectivity index (χ1v) is 5.24. The number of hydrogen-bond acceptors (Lipinski definition) is 1. The van der Waals surface area contributed by atoms with Gasteiger partial charge in [-0.3, -0.25) is 0 Å². The Bertz CT molecular complexity index is 174. The fourth-order valence-corrected chi connectivity index (χ4v) is 1.51. The van der Waals surface area contributed by atoms with Gasteiger partial charge in [-0.15, -0.1) is 0 Å². The molecule has 0 spiro atoms. The first-order chi connectivity index (χ1) is 6.19. The van der Waals surface area contributed by atoms with E-state index in [1.807, 2.05) is 18.7 Å². The molecule has 1 aliphatic rings. The van der Waals surface area contributed by atoms with Crippen molar-refractivity contribution in [2.45, 2.75) is 39.7 Å². The topological polar surface area (TPSA) is 32.3 Å². The molecule has 0 bridgehead atoms. The van der Waals surface area contributed by atoms with E-state index in [1.54, 1.807) is 0 Å². The summed E-state index contributed by atoms with van der Waals surface area (Å²) in [5, 5.41) is 3.03.